The lowest BCUT2D eigenvalue weighted by molar-refractivity contribution is 0.0955. The van der Waals surface area contributed by atoms with Crippen molar-refractivity contribution >= 4 is 27.3 Å². The molecule has 2 N–H and O–H groups in total. The first kappa shape index (κ1) is 24.0. The van der Waals surface area contributed by atoms with E-state index < -0.39 is 15.7 Å². The van der Waals surface area contributed by atoms with Crippen molar-refractivity contribution in [2.24, 2.45) is 0 Å². The molecule has 0 aliphatic rings. The second kappa shape index (κ2) is 10.8. The van der Waals surface area contributed by atoms with Crippen LogP contribution in [0.5, 0.6) is 0 Å². The molecule has 1 aromatic heterocycles. The molecular weight excluding hydrogens is 464 g/mol. The Hall–Kier alpha value is -4.17. The summed E-state index contributed by atoms with van der Waals surface area (Å²) in [6.07, 6.45) is 0.683. The Balaban J connectivity index is 1.40. The van der Waals surface area contributed by atoms with Gasteiger partial charge in [-0.1, -0.05) is 60.7 Å². The van der Waals surface area contributed by atoms with Crippen molar-refractivity contribution in [1.29, 1.82) is 0 Å². The molecule has 3 aromatic carbocycles. The van der Waals surface area contributed by atoms with E-state index >= 15 is 0 Å². The van der Waals surface area contributed by atoms with Crippen LogP contribution in [0.4, 0.5) is 5.69 Å². The summed E-state index contributed by atoms with van der Waals surface area (Å²) < 4.78 is 30.6. The lowest BCUT2D eigenvalue weighted by atomic mass is 10.1. The fourth-order valence-electron chi connectivity index (χ4n) is 3.51. The fourth-order valence-corrected chi connectivity index (χ4v) is 4.78. The number of benzene rings is 3. The predicted octanol–water partition coefficient (Wildman–Crippen LogP) is 4.48. The molecule has 0 saturated carbocycles. The maximum absolute atomic E-state index is 12.8. The van der Waals surface area contributed by atoms with Crippen LogP contribution in [-0.4, -0.2) is 26.8 Å². The minimum absolute atomic E-state index is 0.0532. The summed E-state index contributed by atoms with van der Waals surface area (Å²) in [5.41, 5.74) is 1.74. The Kier molecular flexibility index (Phi) is 7.42. The molecule has 7 nitrogen and oxygen atoms in total. The topological polar surface area (TPSA) is 105 Å². The van der Waals surface area contributed by atoms with Crippen molar-refractivity contribution in [1.82, 2.24) is 5.32 Å². The Labute approximate surface area is 203 Å². The minimum atomic E-state index is -3.61. The molecule has 0 radical (unpaired) electrons. The number of rotatable bonds is 9. The summed E-state index contributed by atoms with van der Waals surface area (Å²) in [7, 11) is -3.61. The van der Waals surface area contributed by atoms with Gasteiger partial charge in [-0.3, -0.25) is 9.59 Å². The van der Waals surface area contributed by atoms with Gasteiger partial charge in [0, 0.05) is 6.54 Å². The smallest absolute Gasteiger partial charge is 0.291 e. The number of amides is 2. The molecular formula is C27H24N2O5S. The second-order valence-corrected chi connectivity index (χ2v) is 9.82. The molecule has 0 spiro atoms. The van der Waals surface area contributed by atoms with Gasteiger partial charge in [-0.2, -0.15) is 0 Å². The SMILES string of the molecule is O=C(Nc1ccccc1C(=O)NCCc1ccccc1)c1ccc(CS(=O)(=O)c2ccccc2)o1. The van der Waals surface area contributed by atoms with Gasteiger partial charge in [0.1, 0.15) is 11.5 Å². The zero-order valence-electron chi connectivity index (χ0n) is 18.8. The van der Waals surface area contributed by atoms with Gasteiger partial charge in [0.2, 0.25) is 0 Å². The van der Waals surface area contributed by atoms with E-state index in [2.05, 4.69) is 10.6 Å². The van der Waals surface area contributed by atoms with E-state index in [-0.39, 0.29) is 28.1 Å². The van der Waals surface area contributed by atoms with Gasteiger partial charge < -0.3 is 15.1 Å². The number of carbonyl (C=O) groups excluding carboxylic acids is 2. The summed E-state index contributed by atoms with van der Waals surface area (Å²) in [5.74, 6) is -1.18. The van der Waals surface area contributed by atoms with Crippen LogP contribution in [-0.2, 0) is 22.0 Å². The second-order valence-electron chi connectivity index (χ2n) is 7.83. The zero-order valence-corrected chi connectivity index (χ0v) is 19.6. The Morgan fingerprint density at radius 2 is 1.40 bits per heavy atom. The highest BCUT2D eigenvalue weighted by molar-refractivity contribution is 7.90. The quantitative estimate of drug-likeness (QED) is 0.361. The molecule has 0 unspecified atom stereocenters. The van der Waals surface area contributed by atoms with Crippen LogP contribution >= 0.6 is 0 Å². The lowest BCUT2D eigenvalue weighted by Crippen LogP contribution is -2.27. The molecule has 0 fully saturated rings. The number of sulfone groups is 1. The third kappa shape index (κ3) is 6.24. The monoisotopic (exact) mass is 488 g/mol. The average molecular weight is 489 g/mol. The Morgan fingerprint density at radius 1 is 0.743 bits per heavy atom. The van der Waals surface area contributed by atoms with Crippen LogP contribution in [0.15, 0.2) is 106 Å². The molecule has 0 saturated heterocycles. The Bertz CT molecular complexity index is 1410. The lowest BCUT2D eigenvalue weighted by Gasteiger charge is -2.11. The molecule has 4 aromatic rings. The van der Waals surface area contributed by atoms with Crippen LogP contribution in [0.25, 0.3) is 0 Å². The van der Waals surface area contributed by atoms with E-state index in [4.69, 9.17) is 4.42 Å². The van der Waals surface area contributed by atoms with Crippen LogP contribution in [0, 0.1) is 0 Å². The number of furan rings is 1. The van der Waals surface area contributed by atoms with Crippen molar-refractivity contribution in [3.8, 4) is 0 Å². The summed E-state index contributed by atoms with van der Waals surface area (Å²) in [6, 6.07) is 27.4. The van der Waals surface area contributed by atoms with Gasteiger partial charge in [0.15, 0.2) is 15.6 Å². The highest BCUT2D eigenvalue weighted by Crippen LogP contribution is 2.20. The molecule has 1 heterocycles. The van der Waals surface area contributed by atoms with Gasteiger partial charge in [-0.05, 0) is 48.4 Å². The van der Waals surface area contributed by atoms with Crippen LogP contribution in [0.3, 0.4) is 0 Å². The van der Waals surface area contributed by atoms with Crippen molar-refractivity contribution in [3.63, 3.8) is 0 Å². The first-order valence-electron chi connectivity index (χ1n) is 11.0. The van der Waals surface area contributed by atoms with E-state index in [0.717, 1.165) is 5.56 Å². The minimum Gasteiger partial charge on any atom is -0.455 e. The van der Waals surface area contributed by atoms with E-state index in [1.165, 1.54) is 24.3 Å². The van der Waals surface area contributed by atoms with Crippen molar-refractivity contribution < 1.29 is 22.4 Å². The van der Waals surface area contributed by atoms with Crippen molar-refractivity contribution in [2.75, 3.05) is 11.9 Å². The summed E-state index contributed by atoms with van der Waals surface area (Å²) in [4.78, 5) is 25.6. The predicted molar refractivity (Wildman–Crippen MR) is 133 cm³/mol. The van der Waals surface area contributed by atoms with Crippen LogP contribution < -0.4 is 10.6 Å². The number of nitrogens with one attached hydrogen (secondary N) is 2. The zero-order chi connectivity index (χ0) is 24.7. The molecule has 0 atom stereocenters. The number of hydrogen-bond acceptors (Lipinski definition) is 5. The highest BCUT2D eigenvalue weighted by atomic mass is 32.2. The van der Waals surface area contributed by atoms with Crippen molar-refractivity contribution in [2.45, 2.75) is 17.1 Å². The van der Waals surface area contributed by atoms with E-state index in [1.807, 2.05) is 30.3 Å². The molecule has 4 rings (SSSR count). The molecule has 8 heteroatoms. The number of carbonyl (C=O) groups is 2. The molecule has 178 valence electrons. The van der Waals surface area contributed by atoms with Gasteiger partial charge in [0.05, 0.1) is 16.1 Å². The largest absolute Gasteiger partial charge is 0.455 e. The normalized spacial score (nSPS) is 11.1. The summed E-state index contributed by atoms with van der Waals surface area (Å²) >= 11 is 0. The number of anilines is 1. The molecule has 0 aliphatic carbocycles. The highest BCUT2D eigenvalue weighted by Gasteiger charge is 2.20. The van der Waals surface area contributed by atoms with Gasteiger partial charge in [0.25, 0.3) is 11.8 Å². The third-order valence-corrected chi connectivity index (χ3v) is 6.94. The molecule has 0 bridgehead atoms. The molecule has 2 amide bonds. The maximum atomic E-state index is 12.8. The summed E-state index contributed by atoms with van der Waals surface area (Å²) in [6.45, 7) is 0.447. The standard InChI is InChI=1S/C27H24N2O5S/c30-26(28-18-17-20-9-3-1-4-10-20)23-13-7-8-14-24(23)29-27(31)25-16-15-21(34-25)19-35(32,33)22-11-5-2-6-12-22/h1-16H,17-19H2,(H,28,30)(H,29,31). The molecule has 35 heavy (non-hydrogen) atoms. The average Bonchev–Trinajstić information content (AvgIpc) is 3.33. The van der Waals surface area contributed by atoms with Gasteiger partial charge in [-0.25, -0.2) is 8.42 Å². The first-order chi connectivity index (χ1) is 16.9. The fraction of sp³-hybridized carbons (Fsp3) is 0.111. The number of para-hydroxylation sites is 1. The molecule has 0 aliphatic heterocycles. The van der Waals surface area contributed by atoms with E-state index in [1.54, 1.807) is 42.5 Å². The van der Waals surface area contributed by atoms with Gasteiger partial charge >= 0.3 is 0 Å². The van der Waals surface area contributed by atoms with Crippen molar-refractivity contribution in [3.05, 3.63) is 120 Å². The van der Waals surface area contributed by atoms with Gasteiger partial charge in [-0.15, -0.1) is 0 Å². The maximum Gasteiger partial charge on any atom is 0.291 e. The summed E-state index contributed by atoms with van der Waals surface area (Å²) in [5, 5.41) is 5.55. The van der Waals surface area contributed by atoms with Crippen LogP contribution in [0.2, 0.25) is 0 Å². The van der Waals surface area contributed by atoms with Crippen LogP contribution in [0.1, 0.15) is 32.2 Å². The van der Waals surface area contributed by atoms with E-state index in [0.29, 0.717) is 24.2 Å². The Morgan fingerprint density at radius 3 is 2.14 bits per heavy atom. The number of hydrogen-bond donors (Lipinski definition) is 2. The third-order valence-electron chi connectivity index (χ3n) is 5.28. The first-order valence-corrected chi connectivity index (χ1v) is 12.7. The van der Waals surface area contributed by atoms with E-state index in [9.17, 15) is 18.0 Å².